The van der Waals surface area contributed by atoms with Crippen molar-refractivity contribution < 1.29 is 5.11 Å². The molecule has 0 radical (unpaired) electrons. The predicted octanol–water partition coefficient (Wildman–Crippen LogP) is 0.236. The third kappa shape index (κ3) is 2.78. The van der Waals surface area contributed by atoms with Gasteiger partial charge in [-0.3, -0.25) is 9.88 Å². The largest absolute Gasteiger partial charge is 0.395 e. The van der Waals surface area contributed by atoms with E-state index in [2.05, 4.69) is 22.1 Å². The minimum Gasteiger partial charge on any atom is -0.395 e. The number of hydrogen-bond acceptors (Lipinski definition) is 4. The zero-order chi connectivity index (χ0) is 11.4. The van der Waals surface area contributed by atoms with Gasteiger partial charge in [-0.15, -0.1) is 0 Å². The highest BCUT2D eigenvalue weighted by Gasteiger charge is 2.24. The average Bonchev–Trinajstić information content (AvgIpc) is 2.31. The van der Waals surface area contributed by atoms with Gasteiger partial charge in [-0.1, -0.05) is 0 Å². The molecule has 16 heavy (non-hydrogen) atoms. The first kappa shape index (κ1) is 11.5. The number of pyridine rings is 1. The van der Waals surface area contributed by atoms with Crippen LogP contribution in [0.4, 0.5) is 0 Å². The van der Waals surface area contributed by atoms with Crippen LogP contribution in [0, 0.1) is 0 Å². The highest BCUT2D eigenvalue weighted by atomic mass is 16.3. The fraction of sp³-hybridized carbons (Fsp3) is 0.583. The summed E-state index contributed by atoms with van der Waals surface area (Å²) in [5, 5.41) is 12.7. The van der Waals surface area contributed by atoms with Gasteiger partial charge in [0.1, 0.15) is 0 Å². The molecule has 1 aliphatic rings. The Hall–Kier alpha value is -0.970. The van der Waals surface area contributed by atoms with E-state index in [0.717, 1.165) is 19.6 Å². The number of nitrogens with one attached hydrogen (secondary N) is 1. The summed E-state index contributed by atoms with van der Waals surface area (Å²) in [5.74, 6) is 0. The number of nitrogens with zero attached hydrogens (tertiary/aromatic N) is 2. The molecule has 0 aliphatic carbocycles. The molecule has 2 N–H and O–H groups in total. The molecule has 88 valence electrons. The fourth-order valence-corrected chi connectivity index (χ4v) is 2.13. The molecule has 2 heterocycles. The van der Waals surface area contributed by atoms with E-state index in [-0.39, 0.29) is 12.6 Å². The monoisotopic (exact) mass is 221 g/mol. The van der Waals surface area contributed by atoms with Crippen LogP contribution in [-0.4, -0.2) is 46.8 Å². The minimum absolute atomic E-state index is 0.213. The van der Waals surface area contributed by atoms with E-state index in [1.165, 1.54) is 5.56 Å². The van der Waals surface area contributed by atoms with Gasteiger partial charge in [-0.05, 0) is 24.6 Å². The molecule has 4 nitrogen and oxygen atoms in total. The maximum Gasteiger partial charge on any atom is 0.0599 e. The van der Waals surface area contributed by atoms with Crippen molar-refractivity contribution in [1.29, 1.82) is 0 Å². The van der Waals surface area contributed by atoms with Gasteiger partial charge in [-0.25, -0.2) is 0 Å². The molecular weight excluding hydrogens is 202 g/mol. The molecule has 2 atom stereocenters. The summed E-state index contributed by atoms with van der Waals surface area (Å²) in [5.41, 5.74) is 1.25. The standard InChI is InChI=1S/C12H19N3O/c1-10-7-15(12(9-16)6-14-10)8-11-2-4-13-5-3-11/h2-5,10,12,14,16H,6-9H2,1H3. The van der Waals surface area contributed by atoms with Crippen molar-refractivity contribution in [3.05, 3.63) is 30.1 Å². The number of hydrogen-bond donors (Lipinski definition) is 2. The molecule has 4 heteroatoms. The lowest BCUT2D eigenvalue weighted by molar-refractivity contribution is 0.0780. The Morgan fingerprint density at radius 2 is 2.25 bits per heavy atom. The SMILES string of the molecule is CC1CN(Cc2ccncc2)C(CO)CN1. The third-order valence-electron chi connectivity index (χ3n) is 3.07. The van der Waals surface area contributed by atoms with Gasteiger partial charge >= 0.3 is 0 Å². The molecular formula is C12H19N3O. The Labute approximate surface area is 96.3 Å². The zero-order valence-electron chi connectivity index (χ0n) is 9.63. The second-order valence-electron chi connectivity index (χ2n) is 4.43. The first-order valence-electron chi connectivity index (χ1n) is 5.77. The van der Waals surface area contributed by atoms with Crippen molar-refractivity contribution in [3.8, 4) is 0 Å². The van der Waals surface area contributed by atoms with E-state index in [1.54, 1.807) is 0 Å². The molecule has 1 aromatic rings. The smallest absolute Gasteiger partial charge is 0.0599 e. The second-order valence-corrected chi connectivity index (χ2v) is 4.43. The van der Waals surface area contributed by atoms with Crippen LogP contribution in [-0.2, 0) is 6.54 Å². The molecule has 1 aliphatic heterocycles. The average molecular weight is 221 g/mol. The number of piperazine rings is 1. The molecule has 1 aromatic heterocycles. The zero-order valence-corrected chi connectivity index (χ0v) is 9.63. The van der Waals surface area contributed by atoms with Crippen LogP contribution in [0.2, 0.25) is 0 Å². The summed E-state index contributed by atoms with van der Waals surface area (Å²) < 4.78 is 0. The summed E-state index contributed by atoms with van der Waals surface area (Å²) in [6.07, 6.45) is 3.63. The lowest BCUT2D eigenvalue weighted by Gasteiger charge is -2.38. The van der Waals surface area contributed by atoms with Crippen LogP contribution in [0.25, 0.3) is 0 Å². The van der Waals surface area contributed by atoms with Crippen molar-refractivity contribution in [2.24, 2.45) is 0 Å². The molecule has 0 amide bonds. The molecule has 1 fully saturated rings. The summed E-state index contributed by atoms with van der Waals surface area (Å²) in [7, 11) is 0. The number of rotatable bonds is 3. The predicted molar refractivity (Wildman–Crippen MR) is 63.0 cm³/mol. The number of aromatic nitrogens is 1. The van der Waals surface area contributed by atoms with E-state index >= 15 is 0 Å². The minimum atomic E-state index is 0.213. The Bertz CT molecular complexity index is 317. The van der Waals surface area contributed by atoms with Crippen LogP contribution >= 0.6 is 0 Å². The summed E-state index contributed by atoms with van der Waals surface area (Å²) in [6.45, 7) is 5.12. The van der Waals surface area contributed by atoms with Crippen molar-refractivity contribution in [1.82, 2.24) is 15.2 Å². The second kappa shape index (κ2) is 5.39. The van der Waals surface area contributed by atoms with Crippen LogP contribution in [0.5, 0.6) is 0 Å². The van der Waals surface area contributed by atoms with Gasteiger partial charge in [-0.2, -0.15) is 0 Å². The number of aliphatic hydroxyl groups excluding tert-OH is 1. The summed E-state index contributed by atoms with van der Waals surface area (Å²) in [4.78, 5) is 6.34. The van der Waals surface area contributed by atoms with Gasteiger partial charge in [0.2, 0.25) is 0 Å². The van der Waals surface area contributed by atoms with Crippen molar-refractivity contribution in [3.63, 3.8) is 0 Å². The highest BCUT2D eigenvalue weighted by Crippen LogP contribution is 2.11. The third-order valence-corrected chi connectivity index (χ3v) is 3.07. The Kier molecular flexibility index (Phi) is 3.88. The normalized spacial score (nSPS) is 26.9. The quantitative estimate of drug-likeness (QED) is 0.767. The highest BCUT2D eigenvalue weighted by molar-refractivity contribution is 5.10. The fourth-order valence-electron chi connectivity index (χ4n) is 2.13. The van der Waals surface area contributed by atoms with E-state index in [0.29, 0.717) is 6.04 Å². The van der Waals surface area contributed by atoms with Crippen molar-refractivity contribution in [2.75, 3.05) is 19.7 Å². The van der Waals surface area contributed by atoms with Crippen LogP contribution in [0.3, 0.4) is 0 Å². The van der Waals surface area contributed by atoms with Crippen LogP contribution in [0.15, 0.2) is 24.5 Å². The van der Waals surface area contributed by atoms with Crippen molar-refractivity contribution >= 4 is 0 Å². The molecule has 0 spiro atoms. The Morgan fingerprint density at radius 1 is 1.50 bits per heavy atom. The van der Waals surface area contributed by atoms with Crippen LogP contribution in [0.1, 0.15) is 12.5 Å². The summed E-state index contributed by atoms with van der Waals surface area (Å²) >= 11 is 0. The molecule has 0 bridgehead atoms. The maximum absolute atomic E-state index is 9.33. The van der Waals surface area contributed by atoms with Gasteiger partial charge in [0.05, 0.1) is 6.61 Å². The van der Waals surface area contributed by atoms with Gasteiger partial charge in [0.25, 0.3) is 0 Å². The first-order valence-corrected chi connectivity index (χ1v) is 5.77. The van der Waals surface area contributed by atoms with E-state index < -0.39 is 0 Å². The molecule has 2 unspecified atom stereocenters. The lowest BCUT2D eigenvalue weighted by Crippen LogP contribution is -2.56. The van der Waals surface area contributed by atoms with Gasteiger partial charge in [0.15, 0.2) is 0 Å². The first-order chi connectivity index (χ1) is 7.79. The molecule has 2 rings (SSSR count). The Morgan fingerprint density at radius 3 is 2.94 bits per heavy atom. The summed E-state index contributed by atoms with van der Waals surface area (Å²) in [6, 6.07) is 4.77. The van der Waals surface area contributed by atoms with E-state index in [1.807, 2.05) is 24.5 Å². The lowest BCUT2D eigenvalue weighted by atomic mass is 10.1. The molecule has 0 aromatic carbocycles. The van der Waals surface area contributed by atoms with Gasteiger partial charge < -0.3 is 10.4 Å². The molecule has 0 saturated carbocycles. The maximum atomic E-state index is 9.33. The van der Waals surface area contributed by atoms with E-state index in [9.17, 15) is 5.11 Å². The topological polar surface area (TPSA) is 48.4 Å². The van der Waals surface area contributed by atoms with Gasteiger partial charge in [0, 0.05) is 44.1 Å². The molecule has 1 saturated heterocycles. The van der Waals surface area contributed by atoms with E-state index in [4.69, 9.17) is 0 Å². The van der Waals surface area contributed by atoms with Crippen LogP contribution < -0.4 is 5.32 Å². The Balaban J connectivity index is 2.01. The van der Waals surface area contributed by atoms with Crippen molar-refractivity contribution in [2.45, 2.75) is 25.6 Å². The number of aliphatic hydroxyl groups is 1.